The average molecular weight is 306 g/mol. The molecular formula is C15H16BrNO. The zero-order valence-corrected chi connectivity index (χ0v) is 11.7. The van der Waals surface area contributed by atoms with E-state index in [0.717, 1.165) is 35.0 Å². The summed E-state index contributed by atoms with van der Waals surface area (Å²) < 4.78 is 0.996. The van der Waals surface area contributed by atoms with Crippen molar-refractivity contribution in [2.24, 2.45) is 0 Å². The first-order chi connectivity index (χ1) is 8.75. The maximum atomic E-state index is 10.0. The van der Waals surface area contributed by atoms with E-state index in [1.165, 1.54) is 0 Å². The van der Waals surface area contributed by atoms with E-state index in [2.05, 4.69) is 20.9 Å². The normalized spacial score (nSPS) is 12.3. The number of halogens is 1. The van der Waals surface area contributed by atoms with Crippen molar-refractivity contribution in [1.82, 2.24) is 4.98 Å². The highest BCUT2D eigenvalue weighted by Gasteiger charge is 2.06. The molecule has 2 rings (SSSR count). The first kappa shape index (κ1) is 13.2. The molecule has 0 radical (unpaired) electrons. The predicted octanol–water partition coefficient (Wildman–Crippen LogP) is 3.90. The summed E-state index contributed by atoms with van der Waals surface area (Å²) in [5.74, 6) is 0. The van der Waals surface area contributed by atoms with Crippen molar-refractivity contribution < 1.29 is 5.11 Å². The molecule has 0 spiro atoms. The quantitative estimate of drug-likeness (QED) is 0.909. The van der Waals surface area contributed by atoms with Crippen molar-refractivity contribution in [1.29, 1.82) is 0 Å². The Bertz CT molecular complexity index is 470. The van der Waals surface area contributed by atoms with Gasteiger partial charge in [0.15, 0.2) is 0 Å². The maximum absolute atomic E-state index is 10.0. The summed E-state index contributed by atoms with van der Waals surface area (Å²) in [6, 6.07) is 13.8. The summed E-state index contributed by atoms with van der Waals surface area (Å²) >= 11 is 3.36. The Morgan fingerprint density at radius 1 is 1.11 bits per heavy atom. The Balaban J connectivity index is 1.80. The molecule has 0 saturated heterocycles. The summed E-state index contributed by atoms with van der Waals surface area (Å²) in [6.45, 7) is 0. The largest absolute Gasteiger partial charge is 0.388 e. The van der Waals surface area contributed by atoms with Gasteiger partial charge < -0.3 is 5.11 Å². The van der Waals surface area contributed by atoms with Gasteiger partial charge in [-0.25, -0.2) is 0 Å². The lowest BCUT2D eigenvalue weighted by molar-refractivity contribution is 0.164. The Morgan fingerprint density at radius 2 is 1.89 bits per heavy atom. The second-order valence-electron chi connectivity index (χ2n) is 4.29. The van der Waals surface area contributed by atoms with E-state index in [1.54, 1.807) is 0 Å². The Labute approximate surface area is 116 Å². The molecule has 0 aliphatic carbocycles. The molecule has 2 aromatic rings. The lowest BCUT2D eigenvalue weighted by Crippen LogP contribution is -1.98. The van der Waals surface area contributed by atoms with Gasteiger partial charge in [-0.15, -0.1) is 0 Å². The highest BCUT2D eigenvalue weighted by molar-refractivity contribution is 9.10. The summed E-state index contributed by atoms with van der Waals surface area (Å²) in [6.07, 6.45) is 4.04. The molecule has 94 valence electrons. The molecule has 1 unspecified atom stereocenters. The summed E-state index contributed by atoms with van der Waals surface area (Å²) in [4.78, 5) is 4.32. The number of hydrogen-bond acceptors (Lipinski definition) is 2. The number of pyridine rings is 1. The van der Waals surface area contributed by atoms with Crippen LogP contribution in [-0.2, 0) is 6.42 Å². The second-order valence-corrected chi connectivity index (χ2v) is 5.20. The van der Waals surface area contributed by atoms with Crippen LogP contribution in [0.3, 0.4) is 0 Å². The number of aliphatic hydroxyl groups is 1. The van der Waals surface area contributed by atoms with Crippen LogP contribution in [-0.4, -0.2) is 10.1 Å². The molecule has 0 amide bonds. The van der Waals surface area contributed by atoms with Crippen LogP contribution in [0.15, 0.2) is 53.1 Å². The zero-order chi connectivity index (χ0) is 12.8. The molecule has 3 heteroatoms. The van der Waals surface area contributed by atoms with Crippen molar-refractivity contribution in [3.63, 3.8) is 0 Å². The van der Waals surface area contributed by atoms with Crippen molar-refractivity contribution >= 4 is 15.9 Å². The van der Waals surface area contributed by atoms with Gasteiger partial charge in [-0.3, -0.25) is 4.98 Å². The third kappa shape index (κ3) is 3.93. The van der Waals surface area contributed by atoms with Crippen molar-refractivity contribution in [3.05, 3.63) is 64.4 Å². The van der Waals surface area contributed by atoms with Crippen LogP contribution in [0, 0.1) is 0 Å². The van der Waals surface area contributed by atoms with Crippen molar-refractivity contribution in [2.75, 3.05) is 0 Å². The third-order valence-corrected chi connectivity index (χ3v) is 3.35. The van der Waals surface area contributed by atoms with Crippen LogP contribution < -0.4 is 0 Å². The maximum Gasteiger partial charge on any atom is 0.0790 e. The van der Waals surface area contributed by atoms with Crippen LogP contribution in [0.5, 0.6) is 0 Å². The third-order valence-electron chi connectivity index (χ3n) is 2.88. The number of benzene rings is 1. The average Bonchev–Trinajstić information content (AvgIpc) is 2.42. The van der Waals surface area contributed by atoms with Gasteiger partial charge in [-0.05, 0) is 52.9 Å². The number of aryl methyl sites for hydroxylation is 1. The number of rotatable bonds is 5. The standard InChI is InChI=1S/C15H16BrNO/c16-13-9-10-14(17-11-13)7-4-8-15(18)12-5-2-1-3-6-12/h1-3,5-6,9-11,15,18H,4,7-8H2. The van der Waals surface area contributed by atoms with Crippen LogP contribution in [0.2, 0.25) is 0 Å². The lowest BCUT2D eigenvalue weighted by Gasteiger charge is -2.10. The van der Waals surface area contributed by atoms with Gasteiger partial charge in [0, 0.05) is 16.4 Å². The highest BCUT2D eigenvalue weighted by atomic mass is 79.9. The van der Waals surface area contributed by atoms with Crippen LogP contribution in [0.4, 0.5) is 0 Å². The van der Waals surface area contributed by atoms with E-state index in [1.807, 2.05) is 48.7 Å². The van der Waals surface area contributed by atoms with Crippen LogP contribution in [0.1, 0.15) is 30.2 Å². The Kier molecular flexibility index (Phi) is 4.90. The SMILES string of the molecule is OC(CCCc1ccc(Br)cn1)c1ccccc1. The summed E-state index contributed by atoms with van der Waals surface area (Å²) in [7, 11) is 0. The van der Waals surface area contributed by atoms with E-state index in [9.17, 15) is 5.11 Å². The second kappa shape index (κ2) is 6.66. The van der Waals surface area contributed by atoms with Gasteiger partial charge >= 0.3 is 0 Å². The van der Waals surface area contributed by atoms with Gasteiger partial charge in [0.05, 0.1) is 6.10 Å². The fourth-order valence-corrected chi connectivity index (χ4v) is 2.11. The molecule has 1 atom stereocenters. The number of aromatic nitrogens is 1. The molecule has 18 heavy (non-hydrogen) atoms. The van der Waals surface area contributed by atoms with E-state index in [0.29, 0.717) is 0 Å². The topological polar surface area (TPSA) is 33.1 Å². The molecule has 0 fully saturated rings. The van der Waals surface area contributed by atoms with E-state index < -0.39 is 0 Å². The first-order valence-electron chi connectivity index (χ1n) is 6.09. The molecular weight excluding hydrogens is 290 g/mol. The van der Waals surface area contributed by atoms with Crippen molar-refractivity contribution in [2.45, 2.75) is 25.4 Å². The zero-order valence-electron chi connectivity index (χ0n) is 10.1. The number of hydrogen-bond donors (Lipinski definition) is 1. The lowest BCUT2D eigenvalue weighted by atomic mass is 10.0. The minimum atomic E-state index is -0.373. The van der Waals surface area contributed by atoms with Gasteiger partial charge in [0.2, 0.25) is 0 Å². The molecule has 1 aromatic carbocycles. The monoisotopic (exact) mass is 305 g/mol. The van der Waals surface area contributed by atoms with Gasteiger partial charge in [-0.1, -0.05) is 30.3 Å². The van der Waals surface area contributed by atoms with Gasteiger partial charge in [0.25, 0.3) is 0 Å². The predicted molar refractivity (Wildman–Crippen MR) is 76.3 cm³/mol. The van der Waals surface area contributed by atoms with Gasteiger partial charge in [0.1, 0.15) is 0 Å². The van der Waals surface area contributed by atoms with Crippen LogP contribution in [0.25, 0.3) is 0 Å². The molecule has 0 saturated carbocycles. The minimum Gasteiger partial charge on any atom is -0.388 e. The minimum absolute atomic E-state index is 0.373. The molecule has 0 bridgehead atoms. The highest BCUT2D eigenvalue weighted by Crippen LogP contribution is 2.19. The fraction of sp³-hybridized carbons (Fsp3) is 0.267. The number of nitrogens with zero attached hydrogens (tertiary/aromatic N) is 1. The van der Waals surface area contributed by atoms with E-state index in [-0.39, 0.29) is 6.10 Å². The van der Waals surface area contributed by atoms with E-state index in [4.69, 9.17) is 0 Å². The molecule has 1 N–H and O–H groups in total. The van der Waals surface area contributed by atoms with Crippen LogP contribution >= 0.6 is 15.9 Å². The smallest absolute Gasteiger partial charge is 0.0790 e. The molecule has 0 aliphatic heterocycles. The number of aliphatic hydroxyl groups excluding tert-OH is 1. The fourth-order valence-electron chi connectivity index (χ4n) is 1.87. The molecule has 1 heterocycles. The Hall–Kier alpha value is -1.19. The molecule has 2 nitrogen and oxygen atoms in total. The molecule has 1 aromatic heterocycles. The van der Waals surface area contributed by atoms with Crippen molar-refractivity contribution in [3.8, 4) is 0 Å². The summed E-state index contributed by atoms with van der Waals surface area (Å²) in [5.41, 5.74) is 2.06. The summed E-state index contributed by atoms with van der Waals surface area (Å²) in [5, 5.41) is 10.0. The van der Waals surface area contributed by atoms with E-state index >= 15 is 0 Å². The first-order valence-corrected chi connectivity index (χ1v) is 6.88. The van der Waals surface area contributed by atoms with Gasteiger partial charge in [-0.2, -0.15) is 0 Å². The molecule has 0 aliphatic rings. The Morgan fingerprint density at radius 3 is 2.56 bits per heavy atom.